The summed E-state index contributed by atoms with van der Waals surface area (Å²) in [5, 5.41) is 10.7. The van der Waals surface area contributed by atoms with Crippen LogP contribution in [0.3, 0.4) is 0 Å². The van der Waals surface area contributed by atoms with Crippen molar-refractivity contribution in [3.8, 4) is 5.69 Å². The lowest BCUT2D eigenvalue weighted by atomic mass is 9.89. The number of aryl methyl sites for hydroxylation is 1. The van der Waals surface area contributed by atoms with Gasteiger partial charge in [0.25, 0.3) is 0 Å². The number of hydrogen-bond donors (Lipinski definition) is 3. The van der Waals surface area contributed by atoms with E-state index in [-0.39, 0.29) is 29.7 Å². The number of aromatic nitrogens is 2. The van der Waals surface area contributed by atoms with E-state index in [1.165, 1.54) is 5.56 Å². The van der Waals surface area contributed by atoms with E-state index >= 15 is 0 Å². The van der Waals surface area contributed by atoms with Crippen molar-refractivity contribution in [1.82, 2.24) is 14.7 Å². The maximum absolute atomic E-state index is 13.0. The highest BCUT2D eigenvalue weighted by Crippen LogP contribution is 2.27. The minimum absolute atomic E-state index is 0.00694. The first-order chi connectivity index (χ1) is 19.4. The Bertz CT molecular complexity index is 1360. The third-order valence-corrected chi connectivity index (χ3v) is 7.59. The lowest BCUT2D eigenvalue weighted by molar-refractivity contribution is -0.138. The molecule has 218 valence electrons. The number of likely N-dealkylation sites (tertiary alicyclic amines) is 1. The second-order valence-electron chi connectivity index (χ2n) is 12.2. The van der Waals surface area contributed by atoms with Gasteiger partial charge in [-0.05, 0) is 61.9 Å². The summed E-state index contributed by atoms with van der Waals surface area (Å²) in [6, 6.07) is 17.5. The molecule has 9 nitrogen and oxygen atoms in total. The van der Waals surface area contributed by atoms with Gasteiger partial charge in [-0.1, -0.05) is 57.5 Å². The molecule has 2 heterocycles. The first-order valence-electron chi connectivity index (χ1n) is 14.3. The molecule has 4 rings (SSSR count). The Labute approximate surface area is 242 Å². The zero-order chi connectivity index (χ0) is 29.7. The van der Waals surface area contributed by atoms with Crippen molar-refractivity contribution >= 4 is 29.4 Å². The molecule has 41 heavy (non-hydrogen) atoms. The highest BCUT2D eigenvalue weighted by atomic mass is 16.2. The van der Waals surface area contributed by atoms with Crippen molar-refractivity contribution in [3.63, 3.8) is 0 Å². The molecule has 4 amide bonds. The van der Waals surface area contributed by atoms with Crippen molar-refractivity contribution < 1.29 is 14.4 Å². The van der Waals surface area contributed by atoms with E-state index in [1.807, 2.05) is 66.4 Å². The minimum Gasteiger partial charge on any atom is -0.370 e. The second kappa shape index (κ2) is 12.6. The lowest BCUT2D eigenvalue weighted by Gasteiger charge is -2.33. The largest absolute Gasteiger partial charge is 0.370 e. The van der Waals surface area contributed by atoms with Crippen LogP contribution in [0.2, 0.25) is 0 Å². The van der Waals surface area contributed by atoms with Crippen LogP contribution >= 0.6 is 0 Å². The number of carbonyl (C=O) groups is 3. The zero-order valence-electron chi connectivity index (χ0n) is 24.7. The van der Waals surface area contributed by atoms with Crippen LogP contribution in [-0.4, -0.2) is 45.6 Å². The molecule has 1 fully saturated rings. The van der Waals surface area contributed by atoms with Crippen LogP contribution < -0.4 is 16.4 Å². The summed E-state index contributed by atoms with van der Waals surface area (Å²) in [6.45, 7) is 11.5. The van der Waals surface area contributed by atoms with Crippen LogP contribution in [0.25, 0.3) is 5.69 Å². The number of nitrogens with zero attached hydrogens (tertiary/aromatic N) is 3. The zero-order valence-corrected chi connectivity index (χ0v) is 24.7. The van der Waals surface area contributed by atoms with Gasteiger partial charge < -0.3 is 16.0 Å². The number of primary amides is 1. The molecule has 3 aromatic rings. The van der Waals surface area contributed by atoms with Crippen LogP contribution in [0.5, 0.6) is 0 Å². The highest BCUT2D eigenvalue weighted by molar-refractivity contribution is 5.99. The topological polar surface area (TPSA) is 122 Å². The third kappa shape index (κ3) is 7.96. The smallest absolute Gasteiger partial charge is 0.324 e. The van der Waals surface area contributed by atoms with Crippen molar-refractivity contribution in [3.05, 3.63) is 71.4 Å². The predicted molar refractivity (Wildman–Crippen MR) is 162 cm³/mol. The second-order valence-corrected chi connectivity index (χ2v) is 12.2. The number of amides is 4. The van der Waals surface area contributed by atoms with Gasteiger partial charge in [-0.15, -0.1) is 0 Å². The van der Waals surface area contributed by atoms with E-state index in [4.69, 9.17) is 10.8 Å². The van der Waals surface area contributed by atoms with Crippen LogP contribution in [0.15, 0.2) is 54.6 Å². The Morgan fingerprint density at radius 2 is 1.63 bits per heavy atom. The Kier molecular flexibility index (Phi) is 9.15. The molecule has 0 bridgehead atoms. The average molecular weight is 559 g/mol. The molecule has 0 radical (unpaired) electrons. The van der Waals surface area contributed by atoms with Crippen LogP contribution in [0.1, 0.15) is 63.8 Å². The Hall–Kier alpha value is -4.14. The van der Waals surface area contributed by atoms with Crippen LogP contribution in [-0.2, 0) is 21.4 Å². The van der Waals surface area contributed by atoms with E-state index in [2.05, 4.69) is 31.4 Å². The van der Waals surface area contributed by atoms with Crippen molar-refractivity contribution in [1.29, 1.82) is 0 Å². The quantitative estimate of drug-likeness (QED) is 0.342. The first-order valence-corrected chi connectivity index (χ1v) is 14.3. The monoisotopic (exact) mass is 558 g/mol. The summed E-state index contributed by atoms with van der Waals surface area (Å²) < 4.78 is 1.76. The Morgan fingerprint density at radius 3 is 2.22 bits per heavy atom. The third-order valence-electron chi connectivity index (χ3n) is 7.59. The van der Waals surface area contributed by atoms with Gasteiger partial charge in [0.2, 0.25) is 11.8 Å². The normalized spacial score (nSPS) is 14.9. The molecule has 1 atom stereocenters. The number of carbonyl (C=O) groups excluding carboxylic acids is 3. The minimum atomic E-state index is -0.445. The summed E-state index contributed by atoms with van der Waals surface area (Å²) in [5.41, 5.74) is 9.88. The molecule has 0 spiro atoms. The van der Waals surface area contributed by atoms with E-state index in [0.717, 1.165) is 36.2 Å². The maximum Gasteiger partial charge on any atom is 0.324 e. The van der Waals surface area contributed by atoms with Gasteiger partial charge in [-0.3, -0.25) is 14.9 Å². The summed E-state index contributed by atoms with van der Waals surface area (Å²) >= 11 is 0. The Balaban J connectivity index is 1.33. The molecular weight excluding hydrogens is 516 g/mol. The molecule has 1 aliphatic rings. The SMILES string of the molecule is Cc1ccc(-n2nc(C(C)(C)C)cc2NC(=O)Nc2ccc(CC3CCN(C(=O)[C@@H](C)CC(N)=O)CC3)cc2)cc1. The van der Waals surface area contributed by atoms with Gasteiger partial charge in [-0.25, -0.2) is 9.48 Å². The number of urea groups is 1. The van der Waals surface area contributed by atoms with Gasteiger partial charge in [0.05, 0.1) is 11.4 Å². The number of piperidine rings is 1. The van der Waals surface area contributed by atoms with E-state index in [1.54, 1.807) is 11.6 Å². The summed E-state index contributed by atoms with van der Waals surface area (Å²) in [4.78, 5) is 38.5. The fraction of sp³-hybridized carbons (Fsp3) is 0.438. The molecule has 1 saturated heterocycles. The molecule has 0 unspecified atom stereocenters. The molecule has 0 aliphatic carbocycles. The van der Waals surface area contributed by atoms with E-state index < -0.39 is 5.91 Å². The van der Waals surface area contributed by atoms with Gasteiger partial charge in [0, 0.05) is 42.6 Å². The van der Waals surface area contributed by atoms with Gasteiger partial charge >= 0.3 is 6.03 Å². The summed E-state index contributed by atoms with van der Waals surface area (Å²) in [6.07, 6.45) is 2.84. The maximum atomic E-state index is 13.0. The average Bonchev–Trinajstić information content (AvgIpc) is 3.34. The summed E-state index contributed by atoms with van der Waals surface area (Å²) in [5.74, 6) is 0.269. The number of rotatable bonds is 8. The number of nitrogens with one attached hydrogen (secondary N) is 2. The molecule has 1 aromatic heterocycles. The van der Waals surface area contributed by atoms with Gasteiger partial charge in [-0.2, -0.15) is 5.10 Å². The first kappa shape index (κ1) is 29.8. The predicted octanol–water partition coefficient (Wildman–Crippen LogP) is 5.41. The van der Waals surface area contributed by atoms with Gasteiger partial charge in [0.15, 0.2) is 0 Å². The van der Waals surface area contributed by atoms with Crippen molar-refractivity contribution in [2.45, 2.75) is 65.7 Å². The van der Waals surface area contributed by atoms with Crippen molar-refractivity contribution in [2.24, 2.45) is 17.6 Å². The molecule has 4 N–H and O–H groups in total. The standard InChI is InChI=1S/C32H42N6O3/c1-21-6-12-26(13-7-21)38-29(20-27(36-38)32(3,4)5)35-31(41)34-25-10-8-23(9-11-25)19-24-14-16-37(17-15-24)30(40)22(2)18-28(33)39/h6-13,20,22,24H,14-19H2,1-5H3,(H2,33,39)(H2,34,35,41)/t22-/m0/s1. The lowest BCUT2D eigenvalue weighted by Crippen LogP contribution is -2.42. The fourth-order valence-electron chi connectivity index (χ4n) is 5.11. The number of anilines is 2. The van der Waals surface area contributed by atoms with Crippen LogP contribution in [0, 0.1) is 18.8 Å². The molecular formula is C32H42N6O3. The summed E-state index contributed by atoms with van der Waals surface area (Å²) in [7, 11) is 0. The van der Waals surface area contributed by atoms with E-state index in [0.29, 0.717) is 30.5 Å². The van der Waals surface area contributed by atoms with Crippen molar-refractivity contribution in [2.75, 3.05) is 23.7 Å². The van der Waals surface area contributed by atoms with Gasteiger partial charge in [0.1, 0.15) is 5.82 Å². The number of nitrogens with two attached hydrogens (primary N) is 1. The van der Waals surface area contributed by atoms with E-state index in [9.17, 15) is 14.4 Å². The highest BCUT2D eigenvalue weighted by Gasteiger charge is 2.27. The molecule has 1 aliphatic heterocycles. The fourth-order valence-corrected chi connectivity index (χ4v) is 5.11. The number of hydrogen-bond acceptors (Lipinski definition) is 4. The Morgan fingerprint density at radius 1 is 1.00 bits per heavy atom. The molecule has 2 aromatic carbocycles. The molecule has 0 saturated carbocycles. The van der Waals surface area contributed by atoms with Crippen LogP contribution in [0.4, 0.5) is 16.3 Å². The number of benzene rings is 2. The molecule has 9 heteroatoms.